The Balaban J connectivity index is 6.26. The average molecular weight is 521 g/mol. The number of halogens is 13. The lowest BCUT2D eigenvalue weighted by atomic mass is 9.91. The van der Waals surface area contributed by atoms with Gasteiger partial charge in [0.05, 0.1) is 13.2 Å². The number of rotatable bonds is 11. The number of hydrogen-bond acceptors (Lipinski definition) is 4. The summed E-state index contributed by atoms with van der Waals surface area (Å²) in [6, 6.07) is -2.98. The molecule has 33 heavy (non-hydrogen) atoms. The molecule has 0 spiro atoms. The van der Waals surface area contributed by atoms with Crippen molar-refractivity contribution in [3.8, 4) is 0 Å². The van der Waals surface area contributed by atoms with Crippen molar-refractivity contribution in [1.82, 2.24) is 5.32 Å². The largest absolute Gasteiger partial charge is 0.464 e. The van der Waals surface area contributed by atoms with Crippen molar-refractivity contribution < 1.29 is 76.1 Å². The lowest BCUT2D eigenvalue weighted by Gasteiger charge is -2.40. The molecule has 0 radical (unpaired) electrons. The number of carbonyl (C=O) groups excluding carboxylic acids is 2. The first-order valence-electron chi connectivity index (χ1n) is 8.60. The third-order valence-corrected chi connectivity index (χ3v) is 3.76. The number of nitrogens with one attached hydrogen (secondary N) is 1. The summed E-state index contributed by atoms with van der Waals surface area (Å²) in [6.45, 7) is 1.39. The van der Waals surface area contributed by atoms with E-state index in [4.69, 9.17) is 0 Å². The van der Waals surface area contributed by atoms with E-state index in [1.54, 1.807) is 0 Å². The van der Waals surface area contributed by atoms with E-state index >= 15 is 0 Å². The highest BCUT2D eigenvalue weighted by molar-refractivity contribution is 5.81. The summed E-state index contributed by atoms with van der Waals surface area (Å²) in [6.07, 6.45) is -12.3. The SMILES string of the molecule is CCCOC(=O)C(CC(F)(F)C(F)(F)C(F)(F)C(F)(F)C(F)(F)C(F)(F)F)NC(=O)OCC. The van der Waals surface area contributed by atoms with Gasteiger partial charge in [0, 0.05) is 6.42 Å². The molecule has 0 aliphatic rings. The van der Waals surface area contributed by atoms with Crippen molar-refractivity contribution >= 4 is 12.1 Å². The molecule has 0 aromatic rings. The summed E-state index contributed by atoms with van der Waals surface area (Å²) in [7, 11) is 0. The van der Waals surface area contributed by atoms with Crippen LogP contribution in [0.2, 0.25) is 0 Å². The molecule has 0 heterocycles. The van der Waals surface area contributed by atoms with Crippen molar-refractivity contribution in [1.29, 1.82) is 0 Å². The molecule has 0 rings (SSSR count). The highest BCUT2D eigenvalue weighted by atomic mass is 19.4. The lowest BCUT2D eigenvalue weighted by Crippen LogP contribution is -2.70. The van der Waals surface area contributed by atoms with E-state index in [9.17, 15) is 66.7 Å². The van der Waals surface area contributed by atoms with Crippen molar-refractivity contribution in [2.75, 3.05) is 13.2 Å². The molecule has 1 unspecified atom stereocenters. The molecular formula is C15H16F13NO4. The van der Waals surface area contributed by atoms with Crippen LogP contribution in [0.1, 0.15) is 26.7 Å². The van der Waals surface area contributed by atoms with E-state index in [2.05, 4.69) is 9.47 Å². The molecule has 0 saturated carbocycles. The zero-order chi connectivity index (χ0) is 26.7. The maximum absolute atomic E-state index is 14.0. The Hall–Kier alpha value is -2.17. The molecule has 0 aromatic carbocycles. The molecule has 1 N–H and O–H groups in total. The van der Waals surface area contributed by atoms with Gasteiger partial charge >= 0.3 is 47.9 Å². The average Bonchev–Trinajstić information content (AvgIpc) is 2.63. The predicted octanol–water partition coefficient (Wildman–Crippen LogP) is 5.18. The van der Waals surface area contributed by atoms with Crippen molar-refractivity contribution in [2.45, 2.75) is 68.5 Å². The van der Waals surface area contributed by atoms with E-state index in [1.807, 2.05) is 0 Å². The van der Waals surface area contributed by atoms with Gasteiger partial charge in [-0.3, -0.25) is 0 Å². The van der Waals surface area contributed by atoms with E-state index in [-0.39, 0.29) is 6.42 Å². The van der Waals surface area contributed by atoms with Crippen LogP contribution in [0.15, 0.2) is 0 Å². The van der Waals surface area contributed by atoms with Gasteiger partial charge in [-0.2, -0.15) is 57.1 Å². The first-order chi connectivity index (χ1) is 14.5. The highest BCUT2D eigenvalue weighted by Gasteiger charge is 2.90. The molecular weight excluding hydrogens is 505 g/mol. The first-order valence-corrected chi connectivity index (χ1v) is 8.60. The third kappa shape index (κ3) is 5.85. The normalized spacial score (nSPS) is 15.1. The Labute approximate surface area is 176 Å². The molecule has 0 aromatic heterocycles. The second-order valence-corrected chi connectivity index (χ2v) is 6.29. The van der Waals surface area contributed by atoms with Gasteiger partial charge < -0.3 is 14.8 Å². The third-order valence-electron chi connectivity index (χ3n) is 3.76. The fourth-order valence-electron chi connectivity index (χ4n) is 2.00. The molecule has 18 heteroatoms. The van der Waals surface area contributed by atoms with Crippen molar-refractivity contribution in [3.63, 3.8) is 0 Å². The van der Waals surface area contributed by atoms with E-state index in [0.717, 1.165) is 6.92 Å². The fraction of sp³-hybridized carbons (Fsp3) is 0.867. The van der Waals surface area contributed by atoms with Crippen LogP contribution in [0, 0.1) is 0 Å². The maximum Gasteiger partial charge on any atom is 0.460 e. The second-order valence-electron chi connectivity index (χ2n) is 6.29. The van der Waals surface area contributed by atoms with Crippen LogP contribution >= 0.6 is 0 Å². The zero-order valence-electron chi connectivity index (χ0n) is 16.5. The van der Waals surface area contributed by atoms with Crippen LogP contribution < -0.4 is 5.32 Å². The number of alkyl carbamates (subject to hydrolysis) is 1. The van der Waals surface area contributed by atoms with E-state index in [1.165, 1.54) is 12.2 Å². The van der Waals surface area contributed by atoms with Gasteiger partial charge in [-0.05, 0) is 13.3 Å². The predicted molar refractivity (Wildman–Crippen MR) is 80.6 cm³/mol. The number of carbonyl (C=O) groups is 2. The zero-order valence-corrected chi connectivity index (χ0v) is 16.5. The molecule has 0 aliphatic heterocycles. The quantitative estimate of drug-likeness (QED) is 0.301. The van der Waals surface area contributed by atoms with Crippen LogP contribution in [0.25, 0.3) is 0 Å². The number of ether oxygens (including phenoxy) is 2. The van der Waals surface area contributed by atoms with Gasteiger partial charge in [0.2, 0.25) is 0 Å². The Morgan fingerprint density at radius 1 is 0.727 bits per heavy atom. The summed E-state index contributed by atoms with van der Waals surface area (Å²) in [5.41, 5.74) is 0. The second kappa shape index (κ2) is 9.99. The van der Waals surface area contributed by atoms with Crippen molar-refractivity contribution in [3.05, 3.63) is 0 Å². The lowest BCUT2D eigenvalue weighted by molar-refractivity contribution is -0.440. The number of amides is 1. The van der Waals surface area contributed by atoms with Crippen molar-refractivity contribution in [2.24, 2.45) is 0 Å². The molecule has 0 saturated heterocycles. The summed E-state index contributed by atoms with van der Waals surface area (Å²) in [5.74, 6) is -40.1. The summed E-state index contributed by atoms with van der Waals surface area (Å²) in [5, 5.41) is 1.19. The standard InChI is InChI=1S/C15H16F13NO4/c1-3-5-33-8(30)7(29-9(31)32-4-2)6-10(16,17)11(18,19)12(20,21)13(22,23)14(24,25)15(26,27)28/h7H,3-6H2,1-2H3,(H,29,31). The fourth-order valence-corrected chi connectivity index (χ4v) is 2.00. The van der Waals surface area contributed by atoms with Gasteiger partial charge in [-0.15, -0.1) is 0 Å². The maximum atomic E-state index is 14.0. The Morgan fingerprint density at radius 2 is 1.18 bits per heavy atom. The van der Waals surface area contributed by atoms with Gasteiger partial charge in [0.25, 0.3) is 0 Å². The Kier molecular flexibility index (Phi) is 9.33. The minimum Gasteiger partial charge on any atom is -0.464 e. The highest BCUT2D eigenvalue weighted by Crippen LogP contribution is 2.60. The van der Waals surface area contributed by atoms with Gasteiger partial charge in [0.15, 0.2) is 0 Å². The minimum absolute atomic E-state index is 0.0127. The Bertz CT molecular complexity index is 694. The molecule has 1 amide bonds. The number of hydrogen-bond donors (Lipinski definition) is 1. The monoisotopic (exact) mass is 521 g/mol. The van der Waals surface area contributed by atoms with E-state index in [0.29, 0.717) is 0 Å². The van der Waals surface area contributed by atoms with Crippen LogP contribution in [0.3, 0.4) is 0 Å². The Morgan fingerprint density at radius 3 is 1.58 bits per heavy atom. The van der Waals surface area contributed by atoms with Crippen LogP contribution in [0.4, 0.5) is 61.9 Å². The number of alkyl halides is 13. The van der Waals surface area contributed by atoms with Crippen LogP contribution in [0.5, 0.6) is 0 Å². The summed E-state index contributed by atoms with van der Waals surface area (Å²) >= 11 is 0. The topological polar surface area (TPSA) is 64.6 Å². The summed E-state index contributed by atoms with van der Waals surface area (Å²) in [4.78, 5) is 23.0. The molecule has 196 valence electrons. The van der Waals surface area contributed by atoms with Crippen LogP contribution in [-0.2, 0) is 14.3 Å². The summed E-state index contributed by atoms with van der Waals surface area (Å²) < 4.78 is 179. The molecule has 0 fully saturated rings. The molecule has 5 nitrogen and oxygen atoms in total. The molecule has 0 bridgehead atoms. The minimum atomic E-state index is -8.07. The van der Waals surface area contributed by atoms with E-state index < -0.39 is 73.5 Å². The number of esters is 1. The van der Waals surface area contributed by atoms with Gasteiger partial charge in [-0.25, -0.2) is 9.59 Å². The smallest absolute Gasteiger partial charge is 0.460 e. The molecule has 1 atom stereocenters. The first kappa shape index (κ1) is 30.8. The van der Waals surface area contributed by atoms with Gasteiger partial charge in [-0.1, -0.05) is 6.92 Å². The molecule has 0 aliphatic carbocycles. The van der Waals surface area contributed by atoms with Crippen LogP contribution in [-0.4, -0.2) is 67.1 Å². The van der Waals surface area contributed by atoms with Gasteiger partial charge in [0.1, 0.15) is 6.04 Å².